The Labute approximate surface area is 164 Å². The molecule has 0 unspecified atom stereocenters. The number of aromatic nitrogens is 2. The van der Waals surface area contributed by atoms with Crippen LogP contribution in [0.25, 0.3) is 11.0 Å². The maximum absolute atomic E-state index is 13.1. The van der Waals surface area contributed by atoms with Gasteiger partial charge in [-0.25, -0.2) is 4.79 Å². The summed E-state index contributed by atoms with van der Waals surface area (Å²) >= 11 is 0. The van der Waals surface area contributed by atoms with Gasteiger partial charge in [-0.1, -0.05) is 12.1 Å². The smallest absolute Gasteiger partial charge is 0.308 e. The molecule has 0 amide bonds. The van der Waals surface area contributed by atoms with Crippen molar-refractivity contribution in [3.05, 3.63) is 34.7 Å². The average molecular weight is 434 g/mol. The van der Waals surface area contributed by atoms with Crippen LogP contribution in [0.2, 0.25) is 0 Å². The Bertz CT molecular complexity index is 845. The molecule has 9 nitrogen and oxygen atoms in total. The van der Waals surface area contributed by atoms with Crippen LogP contribution >= 0.6 is 15.2 Å². The number of hydrogen-bond acceptors (Lipinski definition) is 7. The molecule has 0 bridgehead atoms. The highest BCUT2D eigenvalue weighted by molar-refractivity contribution is 7.53. The maximum Gasteiger partial charge on any atom is 0.350 e. The summed E-state index contributed by atoms with van der Waals surface area (Å²) in [4.78, 5) is 13.1. The first-order valence-corrected chi connectivity index (χ1v) is 12.7. The minimum Gasteiger partial charge on any atom is -0.308 e. The van der Waals surface area contributed by atoms with Gasteiger partial charge in [-0.15, -0.1) is 0 Å². The fourth-order valence-corrected chi connectivity index (χ4v) is 6.21. The summed E-state index contributed by atoms with van der Waals surface area (Å²) in [6.45, 7) is 7.58. The molecule has 0 saturated carbocycles. The van der Waals surface area contributed by atoms with Crippen LogP contribution in [-0.4, -0.2) is 35.6 Å². The van der Waals surface area contributed by atoms with Crippen molar-refractivity contribution < 1.29 is 27.2 Å². The second-order valence-corrected chi connectivity index (χ2v) is 9.85. The van der Waals surface area contributed by atoms with E-state index < -0.39 is 20.9 Å². The molecule has 0 atom stereocenters. The number of benzene rings is 1. The Morgan fingerprint density at radius 3 is 1.32 bits per heavy atom. The lowest BCUT2D eigenvalue weighted by molar-refractivity contribution is 0.213. The summed E-state index contributed by atoms with van der Waals surface area (Å²) < 4.78 is 49.9. The SMILES string of the molecule is CCOP(=O)(Cn1c(=O)n(CP(=O)(OCC)OCC)c2ccccc21)OCC. The highest BCUT2D eigenvalue weighted by Gasteiger charge is 2.31. The van der Waals surface area contributed by atoms with Crippen LogP contribution in [0.4, 0.5) is 0 Å². The Morgan fingerprint density at radius 2 is 1.04 bits per heavy atom. The van der Waals surface area contributed by atoms with Crippen LogP contribution in [0, 0.1) is 0 Å². The predicted octanol–water partition coefficient (Wildman–Crippen LogP) is 4.25. The van der Waals surface area contributed by atoms with Gasteiger partial charge < -0.3 is 18.1 Å². The van der Waals surface area contributed by atoms with E-state index in [-0.39, 0.29) is 39.0 Å². The van der Waals surface area contributed by atoms with E-state index in [1.807, 2.05) is 0 Å². The second-order valence-electron chi connectivity index (χ2n) is 5.80. The summed E-state index contributed by atoms with van der Waals surface area (Å²) in [5, 5.41) is 0. The van der Waals surface area contributed by atoms with E-state index in [1.54, 1.807) is 52.0 Å². The highest BCUT2D eigenvalue weighted by atomic mass is 31.2. The summed E-state index contributed by atoms with van der Waals surface area (Å²) in [7, 11) is -7.04. The van der Waals surface area contributed by atoms with Gasteiger partial charge in [0.05, 0.1) is 37.5 Å². The molecule has 158 valence electrons. The maximum atomic E-state index is 13.1. The van der Waals surface area contributed by atoms with Crippen LogP contribution in [0.5, 0.6) is 0 Å². The molecular weight excluding hydrogens is 406 g/mol. The number of hydrogen-bond donors (Lipinski definition) is 0. The molecule has 2 rings (SSSR count). The Morgan fingerprint density at radius 1 is 0.714 bits per heavy atom. The summed E-state index contributed by atoms with van der Waals surface area (Å²) in [5.74, 6) is 0. The van der Waals surface area contributed by atoms with Crippen molar-refractivity contribution in [2.45, 2.75) is 40.3 Å². The Balaban J connectivity index is 2.56. The molecule has 28 heavy (non-hydrogen) atoms. The zero-order valence-electron chi connectivity index (χ0n) is 16.7. The number of para-hydroxylation sites is 2. The lowest BCUT2D eigenvalue weighted by atomic mass is 10.3. The molecule has 1 aromatic carbocycles. The molecule has 0 radical (unpaired) electrons. The first kappa shape index (κ1) is 23.1. The quantitative estimate of drug-likeness (QED) is 0.461. The van der Waals surface area contributed by atoms with Crippen LogP contribution in [0.15, 0.2) is 29.1 Å². The van der Waals surface area contributed by atoms with E-state index in [9.17, 15) is 13.9 Å². The monoisotopic (exact) mass is 434 g/mol. The Hall–Kier alpha value is -1.21. The molecule has 11 heteroatoms. The van der Waals surface area contributed by atoms with Gasteiger partial charge in [0.1, 0.15) is 12.6 Å². The van der Waals surface area contributed by atoms with Crippen molar-refractivity contribution >= 4 is 26.2 Å². The number of imidazole rings is 1. The topological polar surface area (TPSA) is 98.0 Å². The van der Waals surface area contributed by atoms with Gasteiger partial charge in [-0.2, -0.15) is 0 Å². The van der Waals surface area contributed by atoms with E-state index in [2.05, 4.69) is 0 Å². The van der Waals surface area contributed by atoms with E-state index in [0.717, 1.165) is 0 Å². The van der Waals surface area contributed by atoms with Crippen LogP contribution < -0.4 is 5.69 Å². The van der Waals surface area contributed by atoms with Crippen molar-refractivity contribution in [1.29, 1.82) is 0 Å². The Kier molecular flexibility index (Phi) is 8.25. The molecule has 0 N–H and O–H groups in total. The fraction of sp³-hybridized carbons (Fsp3) is 0.588. The first-order valence-electron chi connectivity index (χ1n) is 9.27. The van der Waals surface area contributed by atoms with E-state index in [0.29, 0.717) is 11.0 Å². The number of rotatable bonds is 12. The molecular formula is C17H28N2O7P2. The average Bonchev–Trinajstić information content (AvgIpc) is 2.88. The van der Waals surface area contributed by atoms with Gasteiger partial charge in [-0.3, -0.25) is 18.3 Å². The van der Waals surface area contributed by atoms with E-state index in [1.165, 1.54) is 9.13 Å². The predicted molar refractivity (Wildman–Crippen MR) is 108 cm³/mol. The van der Waals surface area contributed by atoms with E-state index >= 15 is 0 Å². The summed E-state index contributed by atoms with van der Waals surface area (Å²) in [6.07, 6.45) is -0.483. The lowest BCUT2D eigenvalue weighted by Gasteiger charge is -2.18. The molecule has 1 heterocycles. The van der Waals surface area contributed by atoms with Crippen molar-refractivity contribution in [1.82, 2.24) is 9.13 Å². The molecule has 1 aromatic heterocycles. The third-order valence-electron chi connectivity index (χ3n) is 3.86. The number of fused-ring (bicyclic) bond motifs is 1. The van der Waals surface area contributed by atoms with Gasteiger partial charge >= 0.3 is 20.9 Å². The van der Waals surface area contributed by atoms with Crippen molar-refractivity contribution in [3.63, 3.8) is 0 Å². The van der Waals surface area contributed by atoms with Crippen LogP contribution in [-0.2, 0) is 39.8 Å². The second kappa shape index (κ2) is 10.0. The zero-order chi connectivity index (χ0) is 20.8. The van der Waals surface area contributed by atoms with Gasteiger partial charge in [0, 0.05) is 0 Å². The van der Waals surface area contributed by atoms with Crippen LogP contribution in [0.3, 0.4) is 0 Å². The minimum atomic E-state index is -3.52. The molecule has 0 aliphatic heterocycles. The molecule has 2 aromatic rings. The molecule has 0 fully saturated rings. The zero-order valence-corrected chi connectivity index (χ0v) is 18.5. The van der Waals surface area contributed by atoms with Crippen molar-refractivity contribution in [3.8, 4) is 0 Å². The summed E-state index contributed by atoms with van der Waals surface area (Å²) in [6, 6.07) is 6.97. The van der Waals surface area contributed by atoms with Crippen LogP contribution in [0.1, 0.15) is 27.7 Å². The normalized spacial score (nSPS) is 12.7. The molecule has 0 spiro atoms. The van der Waals surface area contributed by atoms with Gasteiger partial charge in [0.25, 0.3) is 0 Å². The van der Waals surface area contributed by atoms with E-state index in [4.69, 9.17) is 18.1 Å². The van der Waals surface area contributed by atoms with Gasteiger partial charge in [0.15, 0.2) is 0 Å². The molecule has 0 aliphatic carbocycles. The van der Waals surface area contributed by atoms with Crippen molar-refractivity contribution in [2.24, 2.45) is 0 Å². The standard InChI is InChI=1S/C17H28N2O7P2/c1-5-23-27(21,24-6-2)13-18-15-11-9-10-12-16(15)19(17(18)20)14-28(22,25-7-3)26-8-4/h9-12H,5-8,13-14H2,1-4H3. The van der Waals surface area contributed by atoms with Crippen molar-refractivity contribution in [2.75, 3.05) is 26.4 Å². The minimum absolute atomic E-state index is 0.189. The van der Waals surface area contributed by atoms with Gasteiger partial charge in [-0.05, 0) is 39.8 Å². The highest BCUT2D eigenvalue weighted by Crippen LogP contribution is 2.51. The first-order chi connectivity index (χ1) is 13.3. The summed E-state index contributed by atoms with van der Waals surface area (Å²) in [5.41, 5.74) is 0.582. The number of nitrogens with zero attached hydrogens (tertiary/aromatic N) is 2. The third kappa shape index (κ3) is 5.23. The lowest BCUT2D eigenvalue weighted by Crippen LogP contribution is -2.25. The molecule has 0 saturated heterocycles. The van der Waals surface area contributed by atoms with Gasteiger partial charge in [0.2, 0.25) is 0 Å². The third-order valence-corrected chi connectivity index (χ3v) is 7.72. The largest absolute Gasteiger partial charge is 0.350 e. The molecule has 0 aliphatic rings. The fourth-order valence-electron chi connectivity index (χ4n) is 2.92.